The van der Waals surface area contributed by atoms with Gasteiger partial charge in [0.05, 0.1) is 0 Å². The zero-order valence-corrected chi connectivity index (χ0v) is 8.23. The summed E-state index contributed by atoms with van der Waals surface area (Å²) >= 11 is 0. The number of nitrogens with two attached hydrogens (primary N) is 2. The molecule has 15 heavy (non-hydrogen) atoms. The van der Waals surface area contributed by atoms with E-state index in [1.54, 1.807) is 12.1 Å². The summed E-state index contributed by atoms with van der Waals surface area (Å²) in [6, 6.07) is 11.4. The fourth-order valence-electron chi connectivity index (χ4n) is 1.70. The molecule has 0 unspecified atom stereocenters. The van der Waals surface area contributed by atoms with E-state index in [0.29, 0.717) is 12.1 Å². The second-order valence-corrected chi connectivity index (χ2v) is 3.42. The number of carbonyl (C=O) groups is 1. The Bertz CT molecular complexity index is 520. The van der Waals surface area contributed by atoms with E-state index in [0.717, 1.165) is 16.3 Å². The highest BCUT2D eigenvalue weighted by molar-refractivity contribution is 5.98. The summed E-state index contributed by atoms with van der Waals surface area (Å²) in [5.74, 6) is -0.421. The maximum absolute atomic E-state index is 11.1. The minimum atomic E-state index is -0.421. The smallest absolute Gasteiger partial charge is 0.248 e. The Morgan fingerprint density at radius 2 is 1.93 bits per heavy atom. The van der Waals surface area contributed by atoms with Crippen LogP contribution in [0.3, 0.4) is 0 Å². The Morgan fingerprint density at radius 1 is 1.20 bits per heavy atom. The van der Waals surface area contributed by atoms with Gasteiger partial charge in [0.2, 0.25) is 5.91 Å². The van der Waals surface area contributed by atoms with Gasteiger partial charge in [0.25, 0.3) is 0 Å². The second kappa shape index (κ2) is 3.71. The molecule has 3 heteroatoms. The average molecular weight is 200 g/mol. The number of carbonyl (C=O) groups excluding carboxylic acids is 1. The van der Waals surface area contributed by atoms with Gasteiger partial charge in [0, 0.05) is 12.1 Å². The van der Waals surface area contributed by atoms with Crippen LogP contribution in [0.2, 0.25) is 0 Å². The molecule has 4 N–H and O–H groups in total. The molecular weight excluding hydrogens is 188 g/mol. The van der Waals surface area contributed by atoms with Crippen LogP contribution in [0.4, 0.5) is 0 Å². The number of primary amides is 1. The molecule has 1 amide bonds. The van der Waals surface area contributed by atoms with Crippen molar-refractivity contribution < 1.29 is 4.79 Å². The molecule has 0 fully saturated rings. The van der Waals surface area contributed by atoms with E-state index < -0.39 is 5.91 Å². The van der Waals surface area contributed by atoms with Crippen LogP contribution in [0.25, 0.3) is 10.8 Å². The lowest BCUT2D eigenvalue weighted by atomic mass is 10.0. The zero-order valence-electron chi connectivity index (χ0n) is 8.23. The molecule has 0 aliphatic heterocycles. The summed E-state index contributed by atoms with van der Waals surface area (Å²) in [5, 5.41) is 2.07. The van der Waals surface area contributed by atoms with Crippen LogP contribution < -0.4 is 11.5 Å². The van der Waals surface area contributed by atoms with Crippen molar-refractivity contribution in [2.45, 2.75) is 6.54 Å². The average Bonchev–Trinajstić information content (AvgIpc) is 2.27. The number of benzene rings is 2. The molecular formula is C12H12N2O. The fraction of sp³-hybridized carbons (Fsp3) is 0.0833. The standard InChI is InChI=1S/C12H12N2O/c13-7-10-6-9(12(14)15)5-8-3-1-2-4-11(8)10/h1-6H,7,13H2,(H2,14,15). The predicted molar refractivity (Wildman–Crippen MR) is 60.4 cm³/mol. The molecule has 2 aromatic rings. The van der Waals surface area contributed by atoms with Crippen molar-refractivity contribution in [1.29, 1.82) is 0 Å². The van der Waals surface area contributed by atoms with Gasteiger partial charge in [-0.3, -0.25) is 4.79 Å². The highest BCUT2D eigenvalue weighted by atomic mass is 16.1. The van der Waals surface area contributed by atoms with Gasteiger partial charge < -0.3 is 11.5 Å². The summed E-state index contributed by atoms with van der Waals surface area (Å²) in [6.07, 6.45) is 0. The lowest BCUT2D eigenvalue weighted by Crippen LogP contribution is -2.12. The lowest BCUT2D eigenvalue weighted by Gasteiger charge is -2.06. The van der Waals surface area contributed by atoms with Crippen molar-refractivity contribution in [3.8, 4) is 0 Å². The molecule has 0 saturated carbocycles. The molecule has 0 aliphatic rings. The van der Waals surface area contributed by atoms with Crippen molar-refractivity contribution in [1.82, 2.24) is 0 Å². The first-order valence-corrected chi connectivity index (χ1v) is 4.74. The van der Waals surface area contributed by atoms with Crippen LogP contribution in [0.15, 0.2) is 36.4 Å². The van der Waals surface area contributed by atoms with Gasteiger partial charge in [-0.2, -0.15) is 0 Å². The molecule has 0 aliphatic carbocycles. The number of hydrogen-bond acceptors (Lipinski definition) is 2. The first-order valence-electron chi connectivity index (χ1n) is 4.74. The molecule has 76 valence electrons. The van der Waals surface area contributed by atoms with Crippen molar-refractivity contribution in [2.24, 2.45) is 11.5 Å². The van der Waals surface area contributed by atoms with Gasteiger partial charge in [0.1, 0.15) is 0 Å². The first-order chi connectivity index (χ1) is 7.22. The minimum absolute atomic E-state index is 0.404. The van der Waals surface area contributed by atoms with E-state index in [1.165, 1.54) is 0 Å². The molecule has 3 nitrogen and oxygen atoms in total. The quantitative estimate of drug-likeness (QED) is 0.769. The van der Waals surface area contributed by atoms with Gasteiger partial charge >= 0.3 is 0 Å². The number of fused-ring (bicyclic) bond motifs is 1. The Morgan fingerprint density at radius 3 is 2.60 bits per heavy atom. The van der Waals surface area contributed by atoms with Crippen molar-refractivity contribution in [2.75, 3.05) is 0 Å². The van der Waals surface area contributed by atoms with Gasteiger partial charge in [-0.1, -0.05) is 24.3 Å². The number of amides is 1. The van der Waals surface area contributed by atoms with Crippen molar-refractivity contribution in [3.63, 3.8) is 0 Å². The van der Waals surface area contributed by atoms with Crippen LogP contribution in [-0.2, 0) is 6.54 Å². The second-order valence-electron chi connectivity index (χ2n) is 3.42. The van der Waals surface area contributed by atoms with E-state index >= 15 is 0 Å². The molecule has 0 spiro atoms. The van der Waals surface area contributed by atoms with Crippen LogP contribution in [-0.4, -0.2) is 5.91 Å². The topological polar surface area (TPSA) is 69.1 Å². The van der Waals surface area contributed by atoms with Gasteiger partial charge in [-0.05, 0) is 28.5 Å². The highest BCUT2D eigenvalue weighted by Gasteiger charge is 2.05. The Balaban J connectivity index is 2.77. The van der Waals surface area contributed by atoms with E-state index in [9.17, 15) is 4.79 Å². The van der Waals surface area contributed by atoms with Gasteiger partial charge in [0.15, 0.2) is 0 Å². The first kappa shape index (κ1) is 9.68. The Hall–Kier alpha value is -1.87. The molecule has 0 bridgehead atoms. The monoisotopic (exact) mass is 200 g/mol. The van der Waals surface area contributed by atoms with Crippen molar-refractivity contribution >= 4 is 16.7 Å². The van der Waals surface area contributed by atoms with Gasteiger partial charge in [-0.25, -0.2) is 0 Å². The molecule has 2 aromatic carbocycles. The summed E-state index contributed by atoms with van der Waals surface area (Å²) in [7, 11) is 0. The lowest BCUT2D eigenvalue weighted by molar-refractivity contribution is 0.100. The van der Waals surface area contributed by atoms with Crippen LogP contribution in [0.1, 0.15) is 15.9 Å². The Kier molecular flexibility index (Phi) is 2.39. The van der Waals surface area contributed by atoms with E-state index in [2.05, 4.69) is 0 Å². The van der Waals surface area contributed by atoms with E-state index in [-0.39, 0.29) is 0 Å². The minimum Gasteiger partial charge on any atom is -0.366 e. The fourth-order valence-corrected chi connectivity index (χ4v) is 1.70. The summed E-state index contributed by atoms with van der Waals surface area (Å²) in [6.45, 7) is 0.404. The van der Waals surface area contributed by atoms with E-state index in [4.69, 9.17) is 11.5 Å². The summed E-state index contributed by atoms with van der Waals surface area (Å²) in [4.78, 5) is 11.1. The molecule has 0 aromatic heterocycles. The molecule has 0 atom stereocenters. The van der Waals surface area contributed by atoms with E-state index in [1.807, 2.05) is 24.3 Å². The third-order valence-electron chi connectivity index (χ3n) is 2.45. The summed E-state index contributed by atoms with van der Waals surface area (Å²) in [5.41, 5.74) is 12.3. The van der Waals surface area contributed by atoms with Crippen LogP contribution >= 0.6 is 0 Å². The maximum Gasteiger partial charge on any atom is 0.248 e. The highest BCUT2D eigenvalue weighted by Crippen LogP contribution is 2.20. The summed E-state index contributed by atoms with van der Waals surface area (Å²) < 4.78 is 0. The molecule has 2 rings (SSSR count). The molecule has 0 radical (unpaired) electrons. The van der Waals surface area contributed by atoms with Gasteiger partial charge in [-0.15, -0.1) is 0 Å². The maximum atomic E-state index is 11.1. The Labute approximate surface area is 87.7 Å². The molecule has 0 heterocycles. The number of rotatable bonds is 2. The number of hydrogen-bond donors (Lipinski definition) is 2. The zero-order chi connectivity index (χ0) is 10.8. The normalized spacial score (nSPS) is 10.5. The third kappa shape index (κ3) is 1.69. The SMILES string of the molecule is NCc1cc(C(N)=O)cc2ccccc12. The largest absolute Gasteiger partial charge is 0.366 e. The third-order valence-corrected chi connectivity index (χ3v) is 2.45. The molecule has 0 saturated heterocycles. The van der Waals surface area contributed by atoms with Crippen molar-refractivity contribution in [3.05, 3.63) is 47.5 Å². The van der Waals surface area contributed by atoms with Crippen LogP contribution in [0.5, 0.6) is 0 Å². The van der Waals surface area contributed by atoms with Crippen LogP contribution in [0, 0.1) is 0 Å². The predicted octanol–water partition coefficient (Wildman–Crippen LogP) is 1.40.